The summed E-state index contributed by atoms with van der Waals surface area (Å²) in [7, 11) is 2.03. The molecule has 2 aliphatic rings. The van der Waals surface area contributed by atoms with Gasteiger partial charge in [0.1, 0.15) is 11.2 Å². The Kier molecular flexibility index (Phi) is 13.0. The number of carbonyl (C=O) groups is 1. The van der Waals surface area contributed by atoms with Gasteiger partial charge in [0.25, 0.3) is 5.56 Å². The van der Waals surface area contributed by atoms with Crippen molar-refractivity contribution in [2.45, 2.75) is 71.0 Å². The molecule has 0 aliphatic carbocycles. The van der Waals surface area contributed by atoms with Gasteiger partial charge in [-0.1, -0.05) is 59.6 Å². The van der Waals surface area contributed by atoms with Crippen LogP contribution in [0, 0.1) is 6.92 Å². The van der Waals surface area contributed by atoms with E-state index in [1.807, 2.05) is 69.7 Å². The molecule has 0 radical (unpaired) electrons. The first-order valence-corrected chi connectivity index (χ1v) is 20.7. The monoisotopic (exact) mass is 814 g/mol. The van der Waals surface area contributed by atoms with Gasteiger partial charge < -0.3 is 19.7 Å². The fourth-order valence-electron chi connectivity index (χ4n) is 8.50. The second-order valence-corrected chi connectivity index (χ2v) is 16.1. The number of likely N-dealkylation sites (tertiary alicyclic amines) is 2. The molecule has 57 heavy (non-hydrogen) atoms. The number of carbonyl (C=O) groups excluding carboxylic acids is 1. The van der Waals surface area contributed by atoms with Crippen molar-refractivity contribution in [3.63, 3.8) is 0 Å². The summed E-state index contributed by atoms with van der Waals surface area (Å²) in [5.41, 5.74) is 6.32. The van der Waals surface area contributed by atoms with Crippen molar-refractivity contribution in [1.82, 2.24) is 38.7 Å². The Morgan fingerprint density at radius 2 is 1.44 bits per heavy atom. The van der Waals surface area contributed by atoms with Crippen molar-refractivity contribution >= 4 is 41.2 Å². The maximum absolute atomic E-state index is 13.8. The van der Waals surface area contributed by atoms with E-state index in [9.17, 15) is 19.8 Å². The van der Waals surface area contributed by atoms with E-state index in [1.165, 1.54) is 0 Å². The van der Waals surface area contributed by atoms with E-state index in [2.05, 4.69) is 14.7 Å². The fourth-order valence-corrected chi connectivity index (χ4v) is 9.15. The minimum atomic E-state index is -0.116. The number of hydrogen-bond donors (Lipinski definition) is 2. The summed E-state index contributed by atoms with van der Waals surface area (Å²) in [4.78, 5) is 33.0. The molecule has 2 unspecified atom stereocenters. The zero-order chi connectivity index (χ0) is 40.2. The Balaban J connectivity index is 1.12. The zero-order valence-electron chi connectivity index (χ0n) is 32.9. The second kappa shape index (κ2) is 18.1. The first-order chi connectivity index (χ1) is 27.6. The Morgan fingerprint density at radius 3 is 2.04 bits per heavy atom. The van der Waals surface area contributed by atoms with Gasteiger partial charge in [-0.3, -0.25) is 19.4 Å². The van der Waals surface area contributed by atoms with E-state index in [-0.39, 0.29) is 18.8 Å². The van der Waals surface area contributed by atoms with Crippen molar-refractivity contribution in [2.24, 2.45) is 0 Å². The molecule has 2 fully saturated rings. The van der Waals surface area contributed by atoms with Gasteiger partial charge in [-0.05, 0) is 77.6 Å². The van der Waals surface area contributed by atoms with Crippen molar-refractivity contribution in [3.8, 4) is 33.6 Å². The number of fused-ring (bicyclic) bond motifs is 1. The molecule has 7 rings (SSSR count). The van der Waals surface area contributed by atoms with Crippen molar-refractivity contribution < 1.29 is 15.0 Å². The summed E-state index contributed by atoms with van der Waals surface area (Å²) < 4.78 is 5.02. The smallest absolute Gasteiger partial charge is 0.276 e. The Morgan fingerprint density at radius 1 is 0.860 bits per heavy atom. The van der Waals surface area contributed by atoms with Gasteiger partial charge in [0, 0.05) is 105 Å². The van der Waals surface area contributed by atoms with E-state index in [0.29, 0.717) is 73.5 Å². The molecule has 2 aromatic carbocycles. The number of aldehydes is 1. The number of halogens is 2. The lowest BCUT2D eigenvalue weighted by molar-refractivity contribution is 0.111. The molecule has 3 aromatic heterocycles. The van der Waals surface area contributed by atoms with Crippen molar-refractivity contribution in [2.75, 3.05) is 53.0 Å². The average molecular weight is 816 g/mol. The molecule has 0 saturated carbocycles. The summed E-state index contributed by atoms with van der Waals surface area (Å²) in [5.74, 6) is 0. The van der Waals surface area contributed by atoms with Crippen LogP contribution >= 0.6 is 23.2 Å². The molecule has 302 valence electrons. The van der Waals surface area contributed by atoms with Crippen molar-refractivity contribution in [3.05, 3.63) is 92.2 Å². The Bertz CT molecular complexity index is 2320. The molecule has 2 N–H and O–H groups in total. The largest absolute Gasteiger partial charge is 0.396 e. The molecule has 0 spiro atoms. The number of hydrogen-bond acceptors (Lipinski definition) is 9. The van der Waals surface area contributed by atoms with E-state index >= 15 is 0 Å². The number of aromatic nitrogens is 5. The minimum absolute atomic E-state index is 0.116. The van der Waals surface area contributed by atoms with Crippen LogP contribution in [0.5, 0.6) is 0 Å². The fraction of sp³-hybridized carbons (Fsp3) is 0.442. The normalized spacial score (nSPS) is 18.0. The number of aliphatic hydroxyl groups excluding tert-OH is 2. The highest BCUT2D eigenvalue weighted by atomic mass is 35.5. The van der Waals surface area contributed by atoms with Crippen LogP contribution in [0.4, 0.5) is 0 Å². The van der Waals surface area contributed by atoms with Crippen LogP contribution in [0.1, 0.15) is 61.6 Å². The molecular weight excluding hydrogens is 763 g/mol. The number of benzene rings is 2. The Labute approximate surface area is 343 Å². The van der Waals surface area contributed by atoms with Crippen LogP contribution in [-0.2, 0) is 6.54 Å². The van der Waals surface area contributed by atoms with E-state index in [4.69, 9.17) is 33.4 Å². The number of nitrogens with zero attached hydrogens (tertiary/aromatic N) is 8. The molecule has 0 bridgehead atoms. The number of allylic oxidation sites excluding steroid dienone is 1. The minimum Gasteiger partial charge on any atom is -0.396 e. The summed E-state index contributed by atoms with van der Waals surface area (Å²) >= 11 is 14.3. The summed E-state index contributed by atoms with van der Waals surface area (Å²) in [6.07, 6.45) is 10.5. The van der Waals surface area contributed by atoms with Gasteiger partial charge in [0.15, 0.2) is 6.29 Å². The molecular formula is C43H52Cl2N8O4. The lowest BCUT2D eigenvalue weighted by Crippen LogP contribution is -2.36. The second-order valence-electron chi connectivity index (χ2n) is 15.3. The van der Waals surface area contributed by atoms with Crippen LogP contribution in [0.25, 0.3) is 45.4 Å². The first kappa shape index (κ1) is 40.9. The van der Waals surface area contributed by atoms with Crippen LogP contribution in [0.15, 0.2) is 65.2 Å². The molecule has 5 heterocycles. The highest BCUT2D eigenvalue weighted by Gasteiger charge is 2.26. The van der Waals surface area contributed by atoms with E-state index in [1.54, 1.807) is 25.9 Å². The summed E-state index contributed by atoms with van der Waals surface area (Å²) in [6.45, 7) is 9.32. The van der Waals surface area contributed by atoms with E-state index in [0.717, 1.165) is 88.9 Å². The lowest BCUT2D eigenvalue weighted by atomic mass is 9.98. The van der Waals surface area contributed by atoms with Crippen LogP contribution in [0.2, 0.25) is 10.0 Å². The standard InChI is InChI=1S/C43H52Cl2N8O4/c1-29(48(3)18-19-49-16-6-8-31(49)14-22-54)26-52-33(28-56)24-38(46-52)36-12-4-10-34(41(36)44)35-11-5-13-37(42(35)45)39-25-40-43(57)51(30(2)27-53(40)47-39)21-20-50-17-7-9-32(50)15-23-55/h4-5,10-13,24-28,31-32,54-55H,6-9,14-23H2,1-3H3/b29-26-. The molecule has 2 atom stereocenters. The molecule has 2 saturated heterocycles. The van der Waals surface area contributed by atoms with Crippen molar-refractivity contribution in [1.29, 1.82) is 0 Å². The third-order valence-electron chi connectivity index (χ3n) is 11.8. The number of likely N-dealkylation sites (N-methyl/N-ethyl adjacent to an activating group) is 1. The number of aliphatic hydroxyl groups is 2. The topological polar surface area (TPSA) is 124 Å². The summed E-state index contributed by atoms with van der Waals surface area (Å²) in [6, 6.07) is 15.6. The lowest BCUT2D eigenvalue weighted by Gasteiger charge is -2.27. The Hall–Kier alpha value is -4.30. The van der Waals surface area contributed by atoms with Gasteiger partial charge in [-0.2, -0.15) is 10.2 Å². The first-order valence-electron chi connectivity index (χ1n) is 19.9. The maximum atomic E-state index is 13.8. The van der Waals surface area contributed by atoms with Gasteiger partial charge >= 0.3 is 0 Å². The predicted molar refractivity (Wildman–Crippen MR) is 227 cm³/mol. The highest BCUT2D eigenvalue weighted by molar-refractivity contribution is 6.39. The third kappa shape index (κ3) is 8.62. The van der Waals surface area contributed by atoms with Gasteiger partial charge in [0.05, 0.1) is 21.4 Å². The SMILES string of the molecule is C/C(=C/n1nc(-c2cccc(-c3cccc(-c4cc5c(=O)n(CCN6CCCC6CCO)c(C)cn5n4)c3Cl)c2Cl)cc1C=O)N(C)CCN1CCCC1CCO. The molecule has 5 aromatic rings. The van der Waals surface area contributed by atoms with E-state index < -0.39 is 0 Å². The summed E-state index contributed by atoms with van der Waals surface area (Å²) in [5, 5.41) is 29.4. The maximum Gasteiger partial charge on any atom is 0.276 e. The van der Waals surface area contributed by atoms with Crippen LogP contribution in [0.3, 0.4) is 0 Å². The number of aryl methyl sites for hydroxylation is 1. The highest BCUT2D eigenvalue weighted by Crippen LogP contribution is 2.42. The van der Waals surface area contributed by atoms with Gasteiger partial charge in [-0.15, -0.1) is 0 Å². The predicted octanol–water partition coefficient (Wildman–Crippen LogP) is 6.56. The molecule has 0 amide bonds. The number of rotatable bonds is 16. The van der Waals surface area contributed by atoms with Gasteiger partial charge in [0.2, 0.25) is 0 Å². The molecule has 2 aliphatic heterocycles. The zero-order valence-corrected chi connectivity index (χ0v) is 34.5. The van der Waals surface area contributed by atoms with Gasteiger partial charge in [-0.25, -0.2) is 9.20 Å². The quantitative estimate of drug-likeness (QED) is 0.107. The van der Waals surface area contributed by atoms with Crippen LogP contribution < -0.4 is 5.56 Å². The third-order valence-corrected chi connectivity index (χ3v) is 12.6. The molecule has 12 nitrogen and oxygen atoms in total. The average Bonchev–Trinajstić information content (AvgIpc) is 4.02. The van der Waals surface area contributed by atoms with Crippen LogP contribution in [-0.4, -0.2) is 120 Å². The molecule has 14 heteroatoms.